The van der Waals surface area contributed by atoms with E-state index in [4.69, 9.17) is 39.9 Å². The first-order chi connectivity index (χ1) is 2.94. The minimum absolute atomic E-state index is 0. The zero-order valence-corrected chi connectivity index (χ0v) is 14.3. The summed E-state index contributed by atoms with van der Waals surface area (Å²) in [7, 11) is 0. The van der Waals surface area contributed by atoms with Crippen LogP contribution in [0.1, 0.15) is 4.28 Å². The molecule has 0 aromatic carbocycles. The predicted molar refractivity (Wildman–Crippen MR) is 31.3 cm³/mol. The van der Waals surface area contributed by atoms with Gasteiger partial charge >= 0.3 is 94.6 Å². The second kappa shape index (κ2) is 10.4. The van der Waals surface area contributed by atoms with Crippen LogP contribution in [-0.2, 0) is 4.79 Å². The van der Waals surface area contributed by atoms with Gasteiger partial charge in [-0.1, -0.05) is 34.8 Å². The van der Waals surface area contributed by atoms with E-state index in [1.807, 2.05) is 0 Å². The van der Waals surface area contributed by atoms with Crippen LogP contribution in [0.25, 0.3) is 0 Å². The van der Waals surface area contributed by atoms with Gasteiger partial charge in [-0.2, -0.15) is 0 Å². The van der Waals surface area contributed by atoms with Gasteiger partial charge in [-0.15, -0.1) is 0 Å². The monoisotopic (exact) mass is 234 g/mol. The quantitative estimate of drug-likeness (QED) is 0.335. The van der Waals surface area contributed by atoms with E-state index in [2.05, 4.69) is 0 Å². The van der Waals surface area contributed by atoms with Crippen molar-refractivity contribution in [3.63, 3.8) is 0 Å². The van der Waals surface area contributed by atoms with Crippen LogP contribution in [0.3, 0.4) is 0 Å². The molecule has 0 aliphatic rings. The topological polar surface area (TPSA) is 37.3 Å². The molecule has 48 valence electrons. The van der Waals surface area contributed by atoms with Crippen molar-refractivity contribution < 1.29 is 103 Å². The van der Waals surface area contributed by atoms with Gasteiger partial charge < -0.3 is 9.39 Å². The van der Waals surface area contributed by atoms with E-state index < -0.39 is 9.76 Å². The zero-order chi connectivity index (χ0) is 6.08. The maximum absolute atomic E-state index is 9.62. The van der Waals surface area contributed by atoms with Crippen molar-refractivity contribution >= 4 is 40.8 Å². The number of carboxylic acids is 1. The average molecular weight is 235 g/mol. The molecule has 0 atom stereocenters. The van der Waals surface area contributed by atoms with Crippen LogP contribution in [0.4, 0.5) is 0 Å². The van der Waals surface area contributed by atoms with Gasteiger partial charge in [0.15, 0.2) is 0 Å². The van der Waals surface area contributed by atoms with E-state index in [1.165, 1.54) is 0 Å². The summed E-state index contributed by atoms with van der Waals surface area (Å²) >= 11 is 14.4. The van der Waals surface area contributed by atoms with E-state index in [0.29, 0.717) is 0 Å². The van der Waals surface area contributed by atoms with Crippen LogP contribution >= 0.6 is 34.8 Å². The van der Waals surface area contributed by atoms with Gasteiger partial charge in [0.05, 0.1) is 0 Å². The maximum atomic E-state index is 9.62. The Bertz CT molecular complexity index is 102. The number of carbonyl (C=O) groups is 1. The third kappa shape index (κ3) is 13.9. The molecule has 0 heterocycles. The average Bonchev–Trinajstić information content (AvgIpc) is 1.31. The predicted octanol–water partition coefficient (Wildman–Crippen LogP) is -7.21. The molecule has 0 amide bonds. The van der Waals surface area contributed by atoms with Gasteiger partial charge in [0.1, 0.15) is 0 Å². The van der Waals surface area contributed by atoms with Crippen LogP contribution in [0.2, 0.25) is 0 Å². The fourth-order valence-corrected chi connectivity index (χ4v) is 0. The molecule has 8 heteroatoms. The summed E-state index contributed by atoms with van der Waals surface area (Å²) in [5.41, 5.74) is 0. The summed E-state index contributed by atoms with van der Waals surface area (Å²) < 4.78 is -2.17. The Hall–Kier alpha value is 3.34. The summed E-state index contributed by atoms with van der Waals surface area (Å²) in [6, 6.07) is 0. The molecule has 0 rings (SSSR count). The van der Waals surface area contributed by atoms with Gasteiger partial charge in [0.2, 0.25) is 0 Å². The molecule has 0 saturated heterocycles. The minimum atomic E-state index is -2.17. The van der Waals surface area contributed by atoms with Crippen molar-refractivity contribution in [2.45, 2.75) is 3.79 Å². The summed E-state index contributed by atoms with van der Waals surface area (Å²) in [6.45, 7) is 0. The molecule has 0 spiro atoms. The first-order valence-corrected chi connectivity index (χ1v) is 2.38. The summed E-state index contributed by atoms with van der Waals surface area (Å²) in [5.74, 6) is -1.46. The van der Waals surface area contributed by atoms with Gasteiger partial charge in [-0.05, 0) is 0 Å². The van der Waals surface area contributed by atoms with Crippen molar-refractivity contribution in [3.05, 3.63) is 0 Å². The third-order valence-corrected chi connectivity index (χ3v) is 0.728. The van der Waals surface area contributed by atoms with E-state index in [0.717, 1.165) is 0 Å². The smallest absolute Gasteiger partial charge is 1.00 e. The molecule has 0 aromatic heterocycles. The maximum Gasteiger partial charge on any atom is 1.00 e. The van der Waals surface area contributed by atoms with Crippen molar-refractivity contribution in [1.29, 1.82) is 0 Å². The molecule has 2 nitrogen and oxygen atoms in total. The second-order valence-corrected chi connectivity index (χ2v) is 3.08. The largest absolute Gasteiger partial charge is 1.00 e. The Morgan fingerprint density at radius 2 is 1.30 bits per heavy atom. The number of halogens is 3. The summed E-state index contributed by atoms with van der Waals surface area (Å²) in [6.07, 6.45) is 0. The SMILES string of the molecule is O=C(O)C(Cl)(Cl)Cl.[H-].[H-].[H-].[Na+].[Na+].[Na+]. The molecule has 0 aromatic rings. The Labute approximate surface area is 145 Å². The molecule has 10 heavy (non-hydrogen) atoms. The molecule has 0 aliphatic heterocycles. The fourth-order valence-electron chi connectivity index (χ4n) is 0. The van der Waals surface area contributed by atoms with Crippen molar-refractivity contribution in [2.24, 2.45) is 0 Å². The molecule has 1 N–H and O–H groups in total. The molecule has 0 saturated carbocycles. The Balaban J connectivity index is -0.0000000120. The third-order valence-electron chi connectivity index (χ3n) is 0.243. The number of hydrogen-bond donors (Lipinski definition) is 1. The second-order valence-electron chi connectivity index (χ2n) is 0.803. The first-order valence-electron chi connectivity index (χ1n) is 1.24. The summed E-state index contributed by atoms with van der Waals surface area (Å²) in [5, 5.41) is 7.85. The molecule has 0 radical (unpaired) electrons. The van der Waals surface area contributed by atoms with E-state index in [-0.39, 0.29) is 93.0 Å². The Kier molecular flexibility index (Phi) is 24.3. The number of carboxylic acid groups (broad SMARTS) is 1. The number of hydrogen-bond acceptors (Lipinski definition) is 1. The van der Waals surface area contributed by atoms with Crippen LogP contribution in [0.15, 0.2) is 0 Å². The molecule has 0 unspecified atom stereocenters. The van der Waals surface area contributed by atoms with Crippen LogP contribution in [0.5, 0.6) is 0 Å². The van der Waals surface area contributed by atoms with Crippen LogP contribution in [-0.4, -0.2) is 14.9 Å². The molecule has 0 fully saturated rings. The van der Waals surface area contributed by atoms with Gasteiger partial charge in [0.25, 0.3) is 3.79 Å². The van der Waals surface area contributed by atoms with Crippen molar-refractivity contribution in [2.75, 3.05) is 0 Å². The van der Waals surface area contributed by atoms with Crippen molar-refractivity contribution in [1.82, 2.24) is 0 Å². The van der Waals surface area contributed by atoms with Gasteiger partial charge in [0, 0.05) is 0 Å². The molecule has 0 aliphatic carbocycles. The van der Waals surface area contributed by atoms with Gasteiger partial charge in [-0.25, -0.2) is 4.79 Å². The number of aliphatic carboxylic acids is 1. The summed E-state index contributed by atoms with van der Waals surface area (Å²) in [4.78, 5) is 9.62. The van der Waals surface area contributed by atoms with Crippen LogP contribution in [0, 0.1) is 0 Å². The fraction of sp³-hybridized carbons (Fsp3) is 0.500. The normalized spacial score (nSPS) is 7.90. The molecular weight excluding hydrogens is 231 g/mol. The Morgan fingerprint density at radius 3 is 1.30 bits per heavy atom. The molecular formula is C2H4Cl3Na3O2. The van der Waals surface area contributed by atoms with E-state index >= 15 is 0 Å². The Morgan fingerprint density at radius 1 is 1.20 bits per heavy atom. The zero-order valence-electron chi connectivity index (χ0n) is 8.99. The van der Waals surface area contributed by atoms with Crippen molar-refractivity contribution in [3.8, 4) is 0 Å². The number of alkyl halides is 3. The van der Waals surface area contributed by atoms with E-state index in [1.54, 1.807) is 0 Å². The minimum Gasteiger partial charge on any atom is -1.00 e. The van der Waals surface area contributed by atoms with E-state index in [9.17, 15) is 4.79 Å². The van der Waals surface area contributed by atoms with Crippen LogP contribution < -0.4 is 88.7 Å². The van der Waals surface area contributed by atoms with Gasteiger partial charge in [-0.3, -0.25) is 0 Å². The first kappa shape index (κ1) is 23.3. The molecule has 0 bridgehead atoms. The standard InChI is InChI=1S/C2HCl3O2.3Na.3H/c3-2(4,5)1(6)7;;;;;;/h(H,6,7);;;;;;/q;3*+1;3*-1. The number of rotatable bonds is 0.